The Bertz CT molecular complexity index is 506. The van der Waals surface area contributed by atoms with E-state index in [1.165, 1.54) is 0 Å². The zero-order chi connectivity index (χ0) is 13.6. The molecule has 8 heteroatoms. The Morgan fingerprint density at radius 3 is 2.79 bits per heavy atom. The van der Waals surface area contributed by atoms with E-state index < -0.39 is 5.54 Å². The number of aromatic nitrogens is 2. The molecule has 104 valence electrons. The highest BCUT2D eigenvalue weighted by molar-refractivity contribution is 6.43. The summed E-state index contributed by atoms with van der Waals surface area (Å²) >= 11 is 18.0. The zero-order valence-corrected chi connectivity index (χ0v) is 12.2. The number of hydrogen-bond acceptors (Lipinski definition) is 5. The molecule has 19 heavy (non-hydrogen) atoms. The van der Waals surface area contributed by atoms with Crippen molar-refractivity contribution in [3.8, 4) is 0 Å². The SMILES string of the molecule is OC[C@@]12CC[C@@H](CN1c1nc(Cl)nc(Cl)c1Cl)OC2. The first-order chi connectivity index (χ1) is 9.05. The second kappa shape index (κ2) is 4.90. The Morgan fingerprint density at radius 1 is 1.37 bits per heavy atom. The molecule has 4 heterocycles. The Hall–Kier alpha value is -0.330. The number of nitrogens with zero attached hydrogens (tertiary/aromatic N) is 3. The average molecular weight is 325 g/mol. The van der Waals surface area contributed by atoms with Crippen molar-refractivity contribution < 1.29 is 9.84 Å². The number of morpholine rings is 1. The first-order valence-corrected chi connectivity index (χ1v) is 7.08. The van der Waals surface area contributed by atoms with Crippen molar-refractivity contribution in [3.63, 3.8) is 0 Å². The molecule has 2 atom stereocenters. The minimum absolute atomic E-state index is 0.0325. The van der Waals surface area contributed by atoms with Gasteiger partial charge in [-0.05, 0) is 24.4 Å². The van der Waals surface area contributed by atoms with Crippen LogP contribution in [0.25, 0.3) is 0 Å². The minimum Gasteiger partial charge on any atom is -0.394 e. The summed E-state index contributed by atoms with van der Waals surface area (Å²) in [6, 6.07) is 0. The fourth-order valence-corrected chi connectivity index (χ4v) is 3.26. The van der Waals surface area contributed by atoms with Gasteiger partial charge in [-0.1, -0.05) is 23.2 Å². The lowest BCUT2D eigenvalue weighted by atomic mass is 9.84. The van der Waals surface area contributed by atoms with E-state index in [1.807, 2.05) is 4.90 Å². The summed E-state index contributed by atoms with van der Waals surface area (Å²) in [5, 5.41) is 10.2. The largest absolute Gasteiger partial charge is 0.394 e. The van der Waals surface area contributed by atoms with Crippen LogP contribution in [0.15, 0.2) is 0 Å². The summed E-state index contributed by atoms with van der Waals surface area (Å²) in [6.45, 7) is 1.03. The monoisotopic (exact) mass is 323 g/mol. The number of hydrogen-bond donors (Lipinski definition) is 1. The maximum Gasteiger partial charge on any atom is 0.225 e. The number of fused-ring (bicyclic) bond motifs is 3. The molecule has 4 rings (SSSR count). The van der Waals surface area contributed by atoms with Gasteiger partial charge in [0.15, 0.2) is 11.0 Å². The molecule has 3 aliphatic rings. The molecule has 3 saturated heterocycles. The first-order valence-electron chi connectivity index (χ1n) is 5.94. The Balaban J connectivity index is 2.06. The van der Waals surface area contributed by atoms with E-state index in [1.54, 1.807) is 0 Å². The molecule has 5 nitrogen and oxygen atoms in total. The summed E-state index contributed by atoms with van der Waals surface area (Å²) in [5.74, 6) is 0.466. The number of piperidine rings is 1. The third kappa shape index (κ3) is 2.17. The van der Waals surface area contributed by atoms with Crippen LogP contribution < -0.4 is 4.90 Å². The highest BCUT2D eigenvalue weighted by atomic mass is 35.5. The summed E-state index contributed by atoms with van der Waals surface area (Å²) < 4.78 is 5.67. The van der Waals surface area contributed by atoms with Crippen LogP contribution in [0.3, 0.4) is 0 Å². The van der Waals surface area contributed by atoms with Crippen LogP contribution in [0, 0.1) is 0 Å². The van der Waals surface area contributed by atoms with Crippen LogP contribution in [0.4, 0.5) is 5.82 Å². The van der Waals surface area contributed by atoms with Gasteiger partial charge in [-0.25, -0.2) is 4.98 Å². The van der Waals surface area contributed by atoms with Crippen LogP contribution >= 0.6 is 34.8 Å². The topological polar surface area (TPSA) is 58.5 Å². The number of rotatable bonds is 2. The van der Waals surface area contributed by atoms with E-state index in [-0.39, 0.29) is 28.2 Å². The average Bonchev–Trinajstić information content (AvgIpc) is 2.44. The van der Waals surface area contributed by atoms with Gasteiger partial charge < -0.3 is 14.7 Å². The standard InChI is InChI=1S/C11H12Cl3N3O2/c12-7-8(13)15-10(14)16-9(7)17-3-6-1-2-11(17,4-18)5-19-6/h6,18H,1-5H2/t6-,11+/m0/s1. The van der Waals surface area contributed by atoms with Crippen LogP contribution in [0.2, 0.25) is 15.5 Å². The number of aliphatic hydroxyl groups is 1. The fourth-order valence-electron chi connectivity index (χ4n) is 2.70. The van der Waals surface area contributed by atoms with Gasteiger partial charge in [0.05, 0.1) is 24.9 Å². The lowest BCUT2D eigenvalue weighted by molar-refractivity contribution is -0.0778. The molecule has 3 aliphatic heterocycles. The maximum absolute atomic E-state index is 9.75. The predicted molar refractivity (Wildman–Crippen MR) is 73.2 cm³/mol. The van der Waals surface area contributed by atoms with Gasteiger partial charge in [-0.2, -0.15) is 4.98 Å². The van der Waals surface area contributed by atoms with Gasteiger partial charge in [-0.15, -0.1) is 0 Å². The summed E-state index contributed by atoms with van der Waals surface area (Å²) in [7, 11) is 0. The normalized spacial score (nSPS) is 29.9. The highest BCUT2D eigenvalue weighted by Gasteiger charge is 2.48. The number of anilines is 1. The lowest BCUT2D eigenvalue weighted by Crippen LogP contribution is -2.66. The molecule has 1 N–H and O–H groups in total. The van der Waals surface area contributed by atoms with E-state index in [4.69, 9.17) is 39.5 Å². The molecule has 0 saturated carbocycles. The lowest BCUT2D eigenvalue weighted by Gasteiger charge is -2.54. The van der Waals surface area contributed by atoms with E-state index in [9.17, 15) is 5.11 Å². The highest BCUT2D eigenvalue weighted by Crippen LogP contribution is 2.42. The van der Waals surface area contributed by atoms with Crippen molar-refractivity contribution in [2.45, 2.75) is 24.5 Å². The molecule has 0 radical (unpaired) electrons. The quantitative estimate of drug-likeness (QED) is 0.667. The molecule has 0 aliphatic carbocycles. The zero-order valence-electron chi connectivity index (χ0n) is 9.94. The number of ether oxygens (including phenoxy) is 1. The molecule has 2 bridgehead atoms. The van der Waals surface area contributed by atoms with Crippen LogP contribution in [0.5, 0.6) is 0 Å². The molecule has 3 fully saturated rings. The Morgan fingerprint density at radius 2 is 2.16 bits per heavy atom. The second-order valence-corrected chi connectivity index (χ2v) is 5.96. The van der Waals surface area contributed by atoms with Gasteiger partial charge in [0.2, 0.25) is 5.28 Å². The van der Waals surface area contributed by atoms with E-state index >= 15 is 0 Å². The Labute approximate surface area is 125 Å². The van der Waals surface area contributed by atoms with E-state index in [0.717, 1.165) is 12.8 Å². The van der Waals surface area contributed by atoms with Crippen LogP contribution in [-0.2, 0) is 4.74 Å². The minimum atomic E-state index is -0.501. The third-order valence-electron chi connectivity index (χ3n) is 3.79. The van der Waals surface area contributed by atoms with Crippen molar-refractivity contribution >= 4 is 40.6 Å². The van der Waals surface area contributed by atoms with E-state index in [0.29, 0.717) is 19.0 Å². The van der Waals surface area contributed by atoms with Gasteiger partial charge in [0.25, 0.3) is 0 Å². The molecule has 1 aromatic rings. The molecular weight excluding hydrogens is 312 g/mol. The fraction of sp³-hybridized carbons (Fsp3) is 0.636. The van der Waals surface area contributed by atoms with Gasteiger partial charge in [0, 0.05) is 6.54 Å². The molecule has 0 amide bonds. The third-order valence-corrected chi connectivity index (χ3v) is 4.68. The Kier molecular flexibility index (Phi) is 3.52. The maximum atomic E-state index is 9.75. The van der Waals surface area contributed by atoms with Crippen molar-refractivity contribution in [1.82, 2.24) is 9.97 Å². The molecule has 0 unspecified atom stereocenters. The second-order valence-electron chi connectivity index (χ2n) is 4.89. The first kappa shape index (κ1) is 13.6. The van der Waals surface area contributed by atoms with Crippen molar-refractivity contribution in [3.05, 3.63) is 15.5 Å². The summed E-state index contributed by atoms with van der Waals surface area (Å²) in [6.07, 6.45) is 1.86. The molecular formula is C11H12Cl3N3O2. The molecule has 1 aromatic heterocycles. The molecule has 0 aromatic carbocycles. The molecule has 0 spiro atoms. The summed E-state index contributed by atoms with van der Waals surface area (Å²) in [4.78, 5) is 9.92. The van der Waals surface area contributed by atoms with Crippen LogP contribution in [0.1, 0.15) is 12.8 Å². The number of aliphatic hydroxyl groups excluding tert-OH is 1. The van der Waals surface area contributed by atoms with Crippen LogP contribution in [-0.4, -0.2) is 46.5 Å². The van der Waals surface area contributed by atoms with E-state index in [2.05, 4.69) is 9.97 Å². The van der Waals surface area contributed by atoms with Crippen molar-refractivity contribution in [1.29, 1.82) is 0 Å². The van der Waals surface area contributed by atoms with Gasteiger partial charge in [-0.3, -0.25) is 0 Å². The number of halogens is 3. The van der Waals surface area contributed by atoms with Gasteiger partial charge in [0.1, 0.15) is 5.02 Å². The van der Waals surface area contributed by atoms with Gasteiger partial charge >= 0.3 is 0 Å². The predicted octanol–water partition coefficient (Wildman–Crippen LogP) is 2.17. The summed E-state index contributed by atoms with van der Waals surface area (Å²) in [5.41, 5.74) is -0.501. The van der Waals surface area contributed by atoms with Crippen molar-refractivity contribution in [2.75, 3.05) is 24.7 Å². The van der Waals surface area contributed by atoms with Crippen molar-refractivity contribution in [2.24, 2.45) is 0 Å². The smallest absolute Gasteiger partial charge is 0.225 e.